The molecule has 0 saturated heterocycles. The molecule has 0 radical (unpaired) electrons. The zero-order valence-electron chi connectivity index (χ0n) is 19.7. The number of imidazole rings is 1. The van der Waals surface area contributed by atoms with E-state index in [9.17, 15) is 4.57 Å². The van der Waals surface area contributed by atoms with E-state index in [1.807, 2.05) is 38.3 Å². The SMILES string of the molecule is C=C(OC(C)C)[C@H](C)[N-][P@](=O)(CO[C@H](C)Cn1cnc2c(C)ncnc21)Oc1ccccc1. The molecule has 2 heterocycles. The Hall–Kier alpha value is -2.74. The van der Waals surface area contributed by atoms with E-state index in [0.717, 1.165) is 16.9 Å². The third-order valence-electron chi connectivity index (χ3n) is 4.75. The molecule has 0 saturated carbocycles. The number of rotatable bonds is 12. The lowest BCUT2D eigenvalue weighted by Gasteiger charge is -2.38. The van der Waals surface area contributed by atoms with E-state index < -0.39 is 13.6 Å². The first-order valence-electron chi connectivity index (χ1n) is 10.8. The predicted molar refractivity (Wildman–Crippen MR) is 128 cm³/mol. The monoisotopic (exact) mass is 472 g/mol. The third-order valence-corrected chi connectivity index (χ3v) is 6.42. The Morgan fingerprint density at radius 1 is 1.15 bits per heavy atom. The number of hydrogen-bond donors (Lipinski definition) is 0. The Kier molecular flexibility index (Phi) is 8.24. The Bertz CT molecular complexity index is 1120. The van der Waals surface area contributed by atoms with Crippen molar-refractivity contribution in [1.29, 1.82) is 0 Å². The summed E-state index contributed by atoms with van der Waals surface area (Å²) in [7, 11) is -3.58. The van der Waals surface area contributed by atoms with Crippen molar-refractivity contribution < 1.29 is 18.6 Å². The summed E-state index contributed by atoms with van der Waals surface area (Å²) >= 11 is 0. The van der Waals surface area contributed by atoms with Crippen molar-refractivity contribution >= 4 is 18.7 Å². The van der Waals surface area contributed by atoms with Gasteiger partial charge in [-0.05, 0) is 39.8 Å². The van der Waals surface area contributed by atoms with Gasteiger partial charge in [0.1, 0.15) is 23.9 Å². The van der Waals surface area contributed by atoms with Crippen molar-refractivity contribution in [3.63, 3.8) is 0 Å². The van der Waals surface area contributed by atoms with Crippen LogP contribution in [0.1, 0.15) is 33.4 Å². The van der Waals surface area contributed by atoms with Crippen LogP contribution in [0.15, 0.2) is 55.3 Å². The molecule has 3 atom stereocenters. The van der Waals surface area contributed by atoms with Crippen molar-refractivity contribution in [1.82, 2.24) is 19.5 Å². The molecule has 0 aliphatic carbocycles. The summed E-state index contributed by atoms with van der Waals surface area (Å²) in [5, 5.41) is 4.43. The van der Waals surface area contributed by atoms with Gasteiger partial charge in [-0.2, -0.15) is 0 Å². The molecular weight excluding hydrogens is 441 g/mol. The number of benzene rings is 1. The number of ether oxygens (including phenoxy) is 2. The molecule has 2 aromatic heterocycles. The van der Waals surface area contributed by atoms with E-state index in [4.69, 9.17) is 14.0 Å². The Morgan fingerprint density at radius 3 is 2.58 bits per heavy atom. The largest absolute Gasteiger partial charge is 0.559 e. The molecule has 0 fully saturated rings. The van der Waals surface area contributed by atoms with Gasteiger partial charge in [-0.25, -0.2) is 15.0 Å². The van der Waals surface area contributed by atoms with Crippen molar-refractivity contribution in [2.75, 3.05) is 6.35 Å². The average Bonchev–Trinajstić information content (AvgIpc) is 3.16. The number of hydrogen-bond acceptors (Lipinski definition) is 7. The zero-order chi connectivity index (χ0) is 24.0. The number of fused-ring (bicyclic) bond motifs is 1. The maximum atomic E-state index is 13.7. The molecule has 10 heteroatoms. The van der Waals surface area contributed by atoms with Gasteiger partial charge >= 0.3 is 0 Å². The normalized spacial score (nSPS) is 15.2. The van der Waals surface area contributed by atoms with Crippen molar-refractivity contribution in [3.05, 3.63) is 66.1 Å². The van der Waals surface area contributed by atoms with Crippen LogP contribution >= 0.6 is 7.52 Å². The molecule has 0 unspecified atom stereocenters. The topological polar surface area (TPSA) is 102 Å². The maximum absolute atomic E-state index is 13.7. The van der Waals surface area contributed by atoms with Crippen LogP contribution in [0.25, 0.3) is 16.3 Å². The van der Waals surface area contributed by atoms with E-state index in [0.29, 0.717) is 18.1 Å². The lowest BCUT2D eigenvalue weighted by molar-refractivity contribution is 0.0834. The van der Waals surface area contributed by atoms with Crippen molar-refractivity contribution in [2.45, 2.75) is 59.4 Å². The quantitative estimate of drug-likeness (QED) is 0.254. The van der Waals surface area contributed by atoms with Gasteiger partial charge < -0.3 is 23.7 Å². The molecule has 0 spiro atoms. The highest BCUT2D eigenvalue weighted by Gasteiger charge is 2.20. The highest BCUT2D eigenvalue weighted by molar-refractivity contribution is 7.62. The standard InChI is InChI=1S/C23H31N5O4P/c1-16(2)31-20(6)18(4)27-33(29,32-21-10-8-7-9-11-21)15-30-17(3)12-28-14-26-22-19(5)24-13-25-23(22)28/h7-11,13-14,16-18H,6,12,15H2,1-5H3/q-1/t17-,18+,33+/m1/s1. The first-order chi connectivity index (χ1) is 15.7. The van der Waals surface area contributed by atoms with E-state index in [1.54, 1.807) is 37.5 Å². The summed E-state index contributed by atoms with van der Waals surface area (Å²) in [6.45, 7) is 13.7. The van der Waals surface area contributed by atoms with Crippen LogP contribution in [-0.4, -0.2) is 44.1 Å². The van der Waals surface area contributed by atoms with Crippen LogP contribution in [0, 0.1) is 6.92 Å². The van der Waals surface area contributed by atoms with Gasteiger partial charge in [0, 0.05) is 0 Å². The molecule has 0 aliphatic heterocycles. The number of aryl methyl sites for hydroxylation is 1. The van der Waals surface area contributed by atoms with E-state index in [2.05, 4.69) is 26.6 Å². The van der Waals surface area contributed by atoms with E-state index in [1.165, 1.54) is 6.33 Å². The van der Waals surface area contributed by atoms with Crippen LogP contribution in [0.2, 0.25) is 0 Å². The summed E-state index contributed by atoms with van der Waals surface area (Å²) in [6, 6.07) is 8.40. The summed E-state index contributed by atoms with van der Waals surface area (Å²) < 4.78 is 33.0. The maximum Gasteiger partial charge on any atom is 0.188 e. The first-order valence-corrected chi connectivity index (χ1v) is 12.6. The minimum Gasteiger partial charge on any atom is -0.559 e. The second-order valence-electron chi connectivity index (χ2n) is 8.10. The first kappa shape index (κ1) is 24.9. The van der Waals surface area contributed by atoms with E-state index in [-0.39, 0.29) is 18.6 Å². The minimum atomic E-state index is -3.58. The van der Waals surface area contributed by atoms with Gasteiger partial charge in [-0.3, -0.25) is 4.57 Å². The van der Waals surface area contributed by atoms with Crippen LogP contribution in [-0.2, 0) is 20.6 Å². The molecule has 9 nitrogen and oxygen atoms in total. The van der Waals surface area contributed by atoms with Crippen LogP contribution in [0.5, 0.6) is 5.75 Å². The number of nitrogens with zero attached hydrogens (tertiary/aromatic N) is 5. The summed E-state index contributed by atoms with van der Waals surface area (Å²) in [5.41, 5.74) is 2.28. The molecule has 3 rings (SSSR count). The van der Waals surface area contributed by atoms with Crippen molar-refractivity contribution in [3.8, 4) is 5.75 Å². The Morgan fingerprint density at radius 2 is 1.88 bits per heavy atom. The molecular formula is C23H31N5O4P-. The van der Waals surface area contributed by atoms with Crippen LogP contribution < -0.4 is 4.52 Å². The van der Waals surface area contributed by atoms with Gasteiger partial charge in [0.25, 0.3) is 0 Å². The highest BCUT2D eigenvalue weighted by Crippen LogP contribution is 2.55. The molecule has 0 N–H and O–H groups in total. The second-order valence-corrected chi connectivity index (χ2v) is 10.0. The Balaban J connectivity index is 1.70. The number of para-hydroxylation sites is 1. The molecule has 1 aromatic carbocycles. The predicted octanol–water partition coefficient (Wildman–Crippen LogP) is 5.47. The molecule has 0 bridgehead atoms. The number of aromatic nitrogens is 4. The lowest BCUT2D eigenvalue weighted by atomic mass is 10.3. The molecule has 3 aromatic rings. The fraction of sp³-hybridized carbons (Fsp3) is 0.435. The van der Waals surface area contributed by atoms with Gasteiger partial charge in [0.2, 0.25) is 0 Å². The summed E-state index contributed by atoms with van der Waals surface area (Å²) in [5.74, 6) is 0.881. The lowest BCUT2D eigenvalue weighted by Crippen LogP contribution is -2.19. The van der Waals surface area contributed by atoms with Gasteiger partial charge in [-0.1, -0.05) is 37.7 Å². The second kappa shape index (κ2) is 10.9. The van der Waals surface area contributed by atoms with E-state index >= 15 is 0 Å². The molecule has 178 valence electrons. The van der Waals surface area contributed by atoms with Crippen molar-refractivity contribution in [2.24, 2.45) is 0 Å². The van der Waals surface area contributed by atoms with Gasteiger partial charge in [0.05, 0.1) is 36.5 Å². The van der Waals surface area contributed by atoms with Crippen LogP contribution in [0.4, 0.5) is 0 Å². The third kappa shape index (κ3) is 6.87. The zero-order valence-corrected chi connectivity index (χ0v) is 20.6. The average molecular weight is 473 g/mol. The summed E-state index contributed by atoms with van der Waals surface area (Å²) in [4.78, 5) is 12.9. The molecule has 0 amide bonds. The summed E-state index contributed by atoms with van der Waals surface area (Å²) in [6.07, 6.45) is 2.66. The van der Waals surface area contributed by atoms with Crippen LogP contribution in [0.3, 0.4) is 0 Å². The Labute approximate surface area is 194 Å². The fourth-order valence-corrected chi connectivity index (χ4v) is 4.86. The van der Waals surface area contributed by atoms with Gasteiger partial charge in [-0.15, -0.1) is 0 Å². The molecule has 33 heavy (non-hydrogen) atoms. The molecule has 0 aliphatic rings. The minimum absolute atomic E-state index is 0.0571. The smallest absolute Gasteiger partial charge is 0.188 e. The highest BCUT2D eigenvalue weighted by atomic mass is 31.2. The fourth-order valence-electron chi connectivity index (χ4n) is 3.14. The van der Waals surface area contributed by atoms with Gasteiger partial charge in [0.15, 0.2) is 13.2 Å².